The van der Waals surface area contributed by atoms with Gasteiger partial charge in [-0.3, -0.25) is 4.79 Å². The second kappa shape index (κ2) is 5.49. The van der Waals surface area contributed by atoms with Crippen LogP contribution in [0, 0.1) is 0 Å². The first-order valence-electron chi connectivity index (χ1n) is 6.38. The van der Waals surface area contributed by atoms with E-state index in [1.807, 2.05) is 41.3 Å². The molecule has 0 N–H and O–H groups in total. The van der Waals surface area contributed by atoms with Gasteiger partial charge >= 0.3 is 0 Å². The number of amides is 1. The van der Waals surface area contributed by atoms with Crippen LogP contribution >= 0.6 is 11.8 Å². The van der Waals surface area contributed by atoms with E-state index in [1.54, 1.807) is 11.8 Å². The van der Waals surface area contributed by atoms with Gasteiger partial charge in [-0.15, -0.1) is 11.8 Å². The SMILES string of the molecule is O=C1CC(Sc2ccccc2)N1Cc1ccccc1. The lowest BCUT2D eigenvalue weighted by molar-refractivity contribution is -0.142. The van der Waals surface area contributed by atoms with Crippen molar-refractivity contribution < 1.29 is 4.79 Å². The van der Waals surface area contributed by atoms with Crippen molar-refractivity contribution in [1.29, 1.82) is 0 Å². The van der Waals surface area contributed by atoms with E-state index >= 15 is 0 Å². The lowest BCUT2D eigenvalue weighted by atomic mass is 10.1. The third kappa shape index (κ3) is 2.82. The number of carbonyl (C=O) groups is 1. The first kappa shape index (κ1) is 12.3. The van der Waals surface area contributed by atoms with Crippen molar-refractivity contribution in [1.82, 2.24) is 4.90 Å². The number of hydrogen-bond donors (Lipinski definition) is 0. The lowest BCUT2D eigenvalue weighted by Crippen LogP contribution is -2.49. The fourth-order valence-corrected chi connectivity index (χ4v) is 3.33. The Hall–Kier alpha value is -1.74. The summed E-state index contributed by atoms with van der Waals surface area (Å²) in [6.07, 6.45) is 0.645. The second-order valence-electron chi connectivity index (χ2n) is 4.60. The molecule has 0 aliphatic carbocycles. The molecule has 1 amide bonds. The van der Waals surface area contributed by atoms with Crippen molar-refractivity contribution in [2.75, 3.05) is 0 Å². The predicted molar refractivity (Wildman–Crippen MR) is 77.7 cm³/mol. The number of nitrogens with zero attached hydrogens (tertiary/aromatic N) is 1. The molecule has 0 bridgehead atoms. The first-order chi connectivity index (χ1) is 9.33. The molecule has 3 rings (SSSR count). The molecular weight excluding hydrogens is 254 g/mol. The summed E-state index contributed by atoms with van der Waals surface area (Å²) in [5.74, 6) is 0.247. The largest absolute Gasteiger partial charge is 0.325 e. The molecule has 1 unspecified atom stereocenters. The van der Waals surface area contributed by atoms with Gasteiger partial charge in [0.15, 0.2) is 0 Å². The van der Waals surface area contributed by atoms with Crippen molar-refractivity contribution in [3.8, 4) is 0 Å². The molecule has 2 nitrogen and oxygen atoms in total. The van der Waals surface area contributed by atoms with Crippen LogP contribution in [0.1, 0.15) is 12.0 Å². The third-order valence-corrected chi connectivity index (χ3v) is 4.47. The minimum absolute atomic E-state index is 0.247. The Kier molecular flexibility index (Phi) is 3.56. The van der Waals surface area contributed by atoms with Crippen LogP contribution < -0.4 is 0 Å². The van der Waals surface area contributed by atoms with Crippen LogP contribution in [0.2, 0.25) is 0 Å². The van der Waals surface area contributed by atoms with Gasteiger partial charge in [0.05, 0.1) is 11.8 Å². The van der Waals surface area contributed by atoms with E-state index in [4.69, 9.17) is 0 Å². The summed E-state index contributed by atoms with van der Waals surface area (Å²) in [7, 11) is 0. The molecule has 3 heteroatoms. The summed E-state index contributed by atoms with van der Waals surface area (Å²) >= 11 is 1.77. The molecule has 0 saturated carbocycles. The fraction of sp³-hybridized carbons (Fsp3) is 0.188. The minimum Gasteiger partial charge on any atom is -0.325 e. The average molecular weight is 269 g/mol. The molecule has 1 aliphatic heterocycles. The molecule has 0 aromatic heterocycles. The van der Waals surface area contributed by atoms with Gasteiger partial charge in [0, 0.05) is 11.4 Å². The maximum absolute atomic E-state index is 11.7. The molecule has 1 saturated heterocycles. The third-order valence-electron chi connectivity index (χ3n) is 3.23. The monoisotopic (exact) mass is 269 g/mol. The Morgan fingerprint density at radius 3 is 2.26 bits per heavy atom. The van der Waals surface area contributed by atoms with Crippen LogP contribution in [-0.4, -0.2) is 16.2 Å². The van der Waals surface area contributed by atoms with E-state index in [-0.39, 0.29) is 11.3 Å². The highest BCUT2D eigenvalue weighted by molar-refractivity contribution is 8.00. The Morgan fingerprint density at radius 2 is 1.63 bits per heavy atom. The smallest absolute Gasteiger partial charge is 0.226 e. The number of carbonyl (C=O) groups excluding carboxylic acids is 1. The van der Waals surface area contributed by atoms with Gasteiger partial charge in [-0.1, -0.05) is 48.5 Å². The Morgan fingerprint density at radius 1 is 1.00 bits per heavy atom. The van der Waals surface area contributed by atoms with Crippen LogP contribution in [0.5, 0.6) is 0 Å². The standard InChI is InChI=1S/C16H15NOS/c18-15-11-16(19-14-9-5-2-6-10-14)17(15)12-13-7-3-1-4-8-13/h1-10,16H,11-12H2. The van der Waals surface area contributed by atoms with Gasteiger partial charge in [0.25, 0.3) is 0 Å². The summed E-state index contributed by atoms with van der Waals surface area (Å²) in [6.45, 7) is 0.712. The lowest BCUT2D eigenvalue weighted by Gasteiger charge is -2.40. The normalized spacial score (nSPS) is 18.2. The van der Waals surface area contributed by atoms with Gasteiger partial charge < -0.3 is 4.90 Å². The Balaban J connectivity index is 1.66. The van der Waals surface area contributed by atoms with Crippen LogP contribution in [0.15, 0.2) is 65.6 Å². The number of β-lactam (4-membered cyclic amide) rings is 1. The van der Waals surface area contributed by atoms with E-state index < -0.39 is 0 Å². The van der Waals surface area contributed by atoms with Gasteiger partial charge in [-0.2, -0.15) is 0 Å². The molecule has 96 valence electrons. The van der Waals surface area contributed by atoms with Crippen molar-refractivity contribution in [3.05, 3.63) is 66.2 Å². The molecule has 1 heterocycles. The maximum Gasteiger partial charge on any atom is 0.226 e. The topological polar surface area (TPSA) is 20.3 Å². The zero-order valence-corrected chi connectivity index (χ0v) is 11.3. The van der Waals surface area contributed by atoms with Crippen LogP contribution in [0.3, 0.4) is 0 Å². The molecule has 0 radical (unpaired) electrons. The van der Waals surface area contributed by atoms with E-state index in [9.17, 15) is 4.79 Å². The predicted octanol–water partition coefficient (Wildman–Crippen LogP) is 3.54. The molecule has 0 spiro atoms. The van der Waals surface area contributed by atoms with Crippen molar-refractivity contribution >= 4 is 17.7 Å². The van der Waals surface area contributed by atoms with Gasteiger partial charge in [0.2, 0.25) is 5.91 Å². The quantitative estimate of drug-likeness (QED) is 0.791. The van der Waals surface area contributed by atoms with Gasteiger partial charge in [0.1, 0.15) is 0 Å². The van der Waals surface area contributed by atoms with Crippen LogP contribution in [0.25, 0.3) is 0 Å². The van der Waals surface area contributed by atoms with Gasteiger partial charge in [-0.05, 0) is 17.7 Å². The second-order valence-corrected chi connectivity index (χ2v) is 5.85. The zero-order chi connectivity index (χ0) is 13.1. The summed E-state index contributed by atoms with van der Waals surface area (Å²) in [6, 6.07) is 20.4. The minimum atomic E-state index is 0.247. The summed E-state index contributed by atoms with van der Waals surface area (Å²) in [5.41, 5.74) is 1.19. The number of thioether (sulfide) groups is 1. The van der Waals surface area contributed by atoms with E-state index in [0.29, 0.717) is 13.0 Å². The highest BCUT2D eigenvalue weighted by Crippen LogP contribution is 2.35. The highest BCUT2D eigenvalue weighted by Gasteiger charge is 2.36. The zero-order valence-electron chi connectivity index (χ0n) is 10.5. The van der Waals surface area contributed by atoms with Crippen LogP contribution in [0.4, 0.5) is 0 Å². The summed E-state index contributed by atoms with van der Waals surface area (Å²) in [5, 5.41) is 0.273. The van der Waals surface area contributed by atoms with E-state index in [2.05, 4.69) is 24.3 Å². The number of rotatable bonds is 4. The van der Waals surface area contributed by atoms with Crippen molar-refractivity contribution in [2.24, 2.45) is 0 Å². The first-order valence-corrected chi connectivity index (χ1v) is 7.26. The van der Waals surface area contributed by atoms with Crippen molar-refractivity contribution in [2.45, 2.75) is 23.2 Å². The Labute approximate surface area is 117 Å². The molecule has 2 aromatic carbocycles. The molecule has 2 aromatic rings. The number of likely N-dealkylation sites (tertiary alicyclic amines) is 1. The van der Waals surface area contributed by atoms with E-state index in [1.165, 1.54) is 10.5 Å². The molecular formula is C16H15NOS. The van der Waals surface area contributed by atoms with Crippen LogP contribution in [-0.2, 0) is 11.3 Å². The number of benzene rings is 2. The molecule has 19 heavy (non-hydrogen) atoms. The summed E-state index contributed by atoms with van der Waals surface area (Å²) < 4.78 is 0. The average Bonchev–Trinajstić information content (AvgIpc) is 2.47. The fourth-order valence-electron chi connectivity index (χ4n) is 2.16. The number of hydrogen-bond acceptors (Lipinski definition) is 2. The summed E-state index contributed by atoms with van der Waals surface area (Å²) in [4.78, 5) is 14.9. The molecule has 1 atom stereocenters. The Bertz CT molecular complexity index is 555. The van der Waals surface area contributed by atoms with E-state index in [0.717, 1.165) is 0 Å². The molecule has 1 aliphatic rings. The maximum atomic E-state index is 11.7. The van der Waals surface area contributed by atoms with Crippen molar-refractivity contribution in [3.63, 3.8) is 0 Å². The highest BCUT2D eigenvalue weighted by atomic mass is 32.2. The molecule has 1 fully saturated rings. The van der Waals surface area contributed by atoms with Gasteiger partial charge in [-0.25, -0.2) is 0 Å².